The Labute approximate surface area is 188 Å². The highest BCUT2D eigenvalue weighted by Gasteiger charge is 2.27. The second-order valence-corrected chi connectivity index (χ2v) is 9.08. The third-order valence-electron chi connectivity index (χ3n) is 5.12. The molecule has 3 aromatic heterocycles. The smallest absolute Gasteiger partial charge is 0.341 e. The topological polar surface area (TPSA) is 99.0 Å². The Morgan fingerprint density at radius 1 is 1.23 bits per heavy atom. The van der Waals surface area contributed by atoms with Gasteiger partial charge in [-0.3, -0.25) is 9.78 Å². The largest absolute Gasteiger partial charge is 0.465 e. The molecule has 0 spiro atoms. The molecule has 0 aliphatic heterocycles. The van der Waals surface area contributed by atoms with Crippen LogP contribution in [-0.2, 0) is 28.9 Å². The Hall–Kier alpha value is -2.72. The molecular weight excluding hydrogens is 434 g/mol. The van der Waals surface area contributed by atoms with Crippen LogP contribution in [0.3, 0.4) is 0 Å². The van der Waals surface area contributed by atoms with Crippen molar-refractivity contribution in [2.75, 3.05) is 18.2 Å². The van der Waals surface area contributed by atoms with Crippen molar-refractivity contribution in [3.8, 4) is 11.4 Å². The quantitative estimate of drug-likeness (QED) is 0.425. The normalized spacial score (nSPS) is 13.0. The molecule has 0 saturated carbocycles. The number of nitrogens with zero attached hydrogens (tertiary/aromatic N) is 4. The number of rotatable bonds is 7. The molecule has 31 heavy (non-hydrogen) atoms. The first-order chi connectivity index (χ1) is 15.1. The monoisotopic (exact) mass is 457 g/mol. The highest BCUT2D eigenvalue weighted by Crippen LogP contribution is 2.38. The number of hydrogen-bond acceptors (Lipinski definition) is 8. The molecule has 162 valence electrons. The summed E-state index contributed by atoms with van der Waals surface area (Å²) in [5, 5.41) is 12.7. The minimum Gasteiger partial charge on any atom is -0.465 e. The lowest BCUT2D eigenvalue weighted by molar-refractivity contribution is -0.113. The minimum atomic E-state index is -0.393. The van der Waals surface area contributed by atoms with Crippen molar-refractivity contribution in [1.82, 2.24) is 19.7 Å². The summed E-state index contributed by atoms with van der Waals surface area (Å²) in [7, 11) is 1.37. The summed E-state index contributed by atoms with van der Waals surface area (Å²) in [6.07, 6.45) is 7.35. The van der Waals surface area contributed by atoms with Gasteiger partial charge in [-0.25, -0.2) is 4.79 Å². The van der Waals surface area contributed by atoms with E-state index < -0.39 is 5.97 Å². The molecule has 0 unspecified atom stereocenters. The fourth-order valence-corrected chi connectivity index (χ4v) is 5.76. The molecule has 3 heterocycles. The number of carbonyl (C=O) groups is 2. The number of carbonyl (C=O) groups excluding carboxylic acids is 2. The Balaban J connectivity index is 1.48. The molecule has 1 aliphatic carbocycles. The summed E-state index contributed by atoms with van der Waals surface area (Å²) in [4.78, 5) is 30.2. The van der Waals surface area contributed by atoms with E-state index >= 15 is 0 Å². The lowest BCUT2D eigenvalue weighted by atomic mass is 9.95. The van der Waals surface area contributed by atoms with E-state index in [1.807, 2.05) is 23.6 Å². The fourth-order valence-electron chi connectivity index (χ4n) is 3.66. The fraction of sp³-hybridized carbons (Fsp3) is 0.381. The first kappa shape index (κ1) is 21.5. The zero-order chi connectivity index (χ0) is 21.8. The molecule has 4 rings (SSSR count). The maximum Gasteiger partial charge on any atom is 0.341 e. The summed E-state index contributed by atoms with van der Waals surface area (Å²) in [6, 6.07) is 3.76. The standard InChI is InChI=1S/C21H23N5O3S2/c1-3-26-18(13-8-10-22-11-9-13)24-25-21(26)30-12-16(27)23-19-17(20(28)29-2)14-6-4-5-7-15(14)31-19/h8-11H,3-7,12H2,1-2H3,(H,23,27). The van der Waals surface area contributed by atoms with Crippen molar-refractivity contribution in [2.45, 2.75) is 44.3 Å². The van der Waals surface area contributed by atoms with Gasteiger partial charge in [-0.1, -0.05) is 11.8 Å². The van der Waals surface area contributed by atoms with Crippen molar-refractivity contribution in [3.63, 3.8) is 0 Å². The SMILES string of the molecule is CCn1c(SCC(=O)Nc2sc3c(c2C(=O)OC)CCCC3)nnc1-c1ccncc1. The van der Waals surface area contributed by atoms with E-state index in [1.54, 1.807) is 12.4 Å². The Morgan fingerprint density at radius 3 is 2.74 bits per heavy atom. The van der Waals surface area contributed by atoms with E-state index in [1.165, 1.54) is 35.1 Å². The number of thioether (sulfide) groups is 1. The van der Waals surface area contributed by atoms with E-state index in [2.05, 4.69) is 20.5 Å². The predicted octanol–water partition coefficient (Wildman–Crippen LogP) is 3.82. The minimum absolute atomic E-state index is 0.164. The van der Waals surface area contributed by atoms with Crippen LogP contribution in [0, 0.1) is 0 Å². The van der Waals surface area contributed by atoms with Crippen LogP contribution in [0.1, 0.15) is 40.6 Å². The number of ether oxygens (including phenoxy) is 1. The van der Waals surface area contributed by atoms with Crippen LogP contribution >= 0.6 is 23.1 Å². The molecule has 1 amide bonds. The average molecular weight is 458 g/mol. The molecule has 0 atom stereocenters. The maximum atomic E-state index is 12.7. The van der Waals surface area contributed by atoms with Crippen LogP contribution in [-0.4, -0.2) is 44.5 Å². The van der Waals surface area contributed by atoms with E-state index in [0.717, 1.165) is 42.6 Å². The first-order valence-corrected chi connectivity index (χ1v) is 11.9. The summed E-state index contributed by atoms with van der Waals surface area (Å²) in [6.45, 7) is 2.69. The van der Waals surface area contributed by atoms with Crippen LogP contribution in [0.2, 0.25) is 0 Å². The van der Waals surface area contributed by atoms with Gasteiger partial charge in [0.1, 0.15) is 5.00 Å². The molecule has 0 bridgehead atoms. The van der Waals surface area contributed by atoms with Gasteiger partial charge in [0.15, 0.2) is 11.0 Å². The van der Waals surface area contributed by atoms with Crippen molar-refractivity contribution in [2.24, 2.45) is 0 Å². The summed E-state index contributed by atoms with van der Waals surface area (Å²) in [5.41, 5.74) is 2.46. The van der Waals surface area contributed by atoms with E-state index in [0.29, 0.717) is 22.3 Å². The maximum absolute atomic E-state index is 12.7. The van der Waals surface area contributed by atoms with Crippen LogP contribution < -0.4 is 5.32 Å². The van der Waals surface area contributed by atoms with Crippen molar-refractivity contribution in [1.29, 1.82) is 0 Å². The number of aromatic nitrogens is 4. The van der Waals surface area contributed by atoms with Gasteiger partial charge in [0.25, 0.3) is 0 Å². The third kappa shape index (κ3) is 4.49. The number of amides is 1. The number of thiophene rings is 1. The van der Waals surface area contributed by atoms with Gasteiger partial charge in [0.05, 0.1) is 18.4 Å². The molecule has 0 aromatic carbocycles. The summed E-state index contributed by atoms with van der Waals surface area (Å²) >= 11 is 2.80. The molecule has 1 N–H and O–H groups in total. The Kier molecular flexibility index (Phi) is 6.67. The van der Waals surface area contributed by atoms with Gasteiger partial charge in [-0.05, 0) is 50.3 Å². The van der Waals surface area contributed by atoms with Gasteiger partial charge >= 0.3 is 5.97 Å². The Morgan fingerprint density at radius 2 is 2.00 bits per heavy atom. The molecule has 10 heteroatoms. The molecule has 1 aliphatic rings. The molecule has 0 fully saturated rings. The van der Waals surface area contributed by atoms with Gasteiger partial charge in [0, 0.05) is 29.4 Å². The molecular formula is C21H23N5O3S2. The average Bonchev–Trinajstić information content (AvgIpc) is 3.38. The number of anilines is 1. The number of pyridine rings is 1. The van der Waals surface area contributed by atoms with Crippen LogP contribution in [0.25, 0.3) is 11.4 Å². The molecule has 0 radical (unpaired) electrons. The number of hydrogen-bond donors (Lipinski definition) is 1. The number of methoxy groups -OCH3 is 1. The van der Waals surface area contributed by atoms with Gasteiger partial charge in [0.2, 0.25) is 5.91 Å². The number of nitrogens with one attached hydrogen (secondary N) is 1. The lowest BCUT2D eigenvalue weighted by Crippen LogP contribution is -2.17. The Bertz CT molecular complexity index is 1090. The van der Waals surface area contributed by atoms with Crippen LogP contribution in [0.15, 0.2) is 29.7 Å². The van der Waals surface area contributed by atoms with E-state index in [4.69, 9.17) is 4.74 Å². The number of fused-ring (bicyclic) bond motifs is 1. The van der Waals surface area contributed by atoms with Crippen LogP contribution in [0.4, 0.5) is 5.00 Å². The molecule has 8 nitrogen and oxygen atoms in total. The van der Waals surface area contributed by atoms with E-state index in [-0.39, 0.29) is 11.7 Å². The van der Waals surface area contributed by atoms with Crippen molar-refractivity contribution in [3.05, 3.63) is 40.5 Å². The molecule has 0 saturated heterocycles. The first-order valence-electron chi connectivity index (χ1n) is 10.1. The summed E-state index contributed by atoms with van der Waals surface area (Å²) in [5.74, 6) is 0.323. The highest BCUT2D eigenvalue weighted by molar-refractivity contribution is 7.99. The van der Waals surface area contributed by atoms with Gasteiger partial charge in [-0.15, -0.1) is 21.5 Å². The third-order valence-corrected chi connectivity index (χ3v) is 7.29. The molecule has 3 aromatic rings. The number of aryl methyl sites for hydroxylation is 1. The zero-order valence-corrected chi connectivity index (χ0v) is 19.0. The van der Waals surface area contributed by atoms with Gasteiger partial charge in [-0.2, -0.15) is 0 Å². The summed E-state index contributed by atoms with van der Waals surface area (Å²) < 4.78 is 6.94. The lowest BCUT2D eigenvalue weighted by Gasteiger charge is -2.11. The number of esters is 1. The van der Waals surface area contributed by atoms with Crippen molar-refractivity contribution >= 4 is 40.0 Å². The highest BCUT2D eigenvalue weighted by atomic mass is 32.2. The second kappa shape index (κ2) is 9.61. The van der Waals surface area contributed by atoms with Gasteiger partial charge < -0.3 is 14.6 Å². The predicted molar refractivity (Wildman–Crippen MR) is 121 cm³/mol. The second-order valence-electron chi connectivity index (χ2n) is 7.03. The van der Waals surface area contributed by atoms with Crippen LogP contribution in [0.5, 0.6) is 0 Å². The van der Waals surface area contributed by atoms with Crippen molar-refractivity contribution < 1.29 is 14.3 Å². The van der Waals surface area contributed by atoms with E-state index in [9.17, 15) is 9.59 Å². The zero-order valence-electron chi connectivity index (χ0n) is 17.4.